The lowest BCUT2D eigenvalue weighted by Crippen LogP contribution is -2.63. The first-order valence-electron chi connectivity index (χ1n) is 23.2. The van der Waals surface area contributed by atoms with E-state index in [4.69, 9.17) is 35.3 Å². The lowest BCUT2D eigenvalue weighted by molar-refractivity contribution is -0.161. The normalized spacial score (nSPS) is 26.7. The van der Waals surface area contributed by atoms with Gasteiger partial charge in [-0.1, -0.05) is 68.3 Å². The van der Waals surface area contributed by atoms with Gasteiger partial charge < -0.3 is 59.0 Å². The maximum Gasteiger partial charge on any atom is 0.409 e. The SMILES string of the molecule is COc1cc2cc(c1Cl)N(C)C(=O)C[C@H](OC(=O)[C@H](C)N(C)C(C)=O)[C@]1(C)O[C@H]1[C@H](C)[C@@H]1C[C@@](O)(NC(=O)O1)[C@H](OC)/C=C\C=C(\C)C2.C[C@H](Cc1ccc(O)c(O)c1)[C@@H](C)Cc1ccc(O)c(O)c1.Cl. The van der Waals surface area contributed by atoms with Crippen molar-refractivity contribution in [3.8, 4) is 28.7 Å². The van der Waals surface area contributed by atoms with Crippen LogP contribution in [0.15, 0.2) is 72.3 Å². The van der Waals surface area contributed by atoms with Crippen molar-refractivity contribution >= 4 is 53.6 Å². The van der Waals surface area contributed by atoms with E-state index in [0.29, 0.717) is 29.7 Å². The predicted molar refractivity (Wildman–Crippen MR) is 269 cm³/mol. The molecule has 0 saturated carbocycles. The van der Waals surface area contributed by atoms with Crippen molar-refractivity contribution in [3.63, 3.8) is 0 Å². The zero-order valence-corrected chi connectivity index (χ0v) is 43.7. The minimum Gasteiger partial charge on any atom is -0.504 e. The smallest absolute Gasteiger partial charge is 0.409 e. The quantitative estimate of drug-likeness (QED) is 0.0655. The third-order valence-electron chi connectivity index (χ3n) is 13.8. The van der Waals surface area contributed by atoms with Gasteiger partial charge in [-0.3, -0.25) is 14.9 Å². The number of nitrogens with zero attached hydrogens (tertiary/aromatic N) is 2. The summed E-state index contributed by atoms with van der Waals surface area (Å²) in [6.07, 6.45) is 2.60. The van der Waals surface area contributed by atoms with E-state index < -0.39 is 65.7 Å². The molecule has 390 valence electrons. The summed E-state index contributed by atoms with van der Waals surface area (Å²) in [5.41, 5.74) is 1.08. The van der Waals surface area contributed by atoms with Crippen LogP contribution in [0.5, 0.6) is 28.7 Å². The third-order valence-corrected chi connectivity index (χ3v) is 14.2. The molecule has 0 unspecified atom stereocenters. The largest absolute Gasteiger partial charge is 0.504 e. The molecule has 2 saturated heterocycles. The minimum absolute atomic E-state index is 0. The first-order valence-corrected chi connectivity index (χ1v) is 23.5. The molecule has 2 fully saturated rings. The Kier molecular flexibility index (Phi) is 19.7. The summed E-state index contributed by atoms with van der Waals surface area (Å²) in [6.45, 7) is 12.6. The molecule has 0 spiro atoms. The van der Waals surface area contributed by atoms with E-state index in [2.05, 4.69) is 19.2 Å². The zero-order chi connectivity index (χ0) is 52.0. The third kappa shape index (κ3) is 14.0. The van der Waals surface area contributed by atoms with Crippen LogP contribution in [0.1, 0.15) is 78.0 Å². The van der Waals surface area contributed by atoms with Gasteiger partial charge in [-0.15, -0.1) is 12.4 Å². The average molecular weight is 1030 g/mol. The summed E-state index contributed by atoms with van der Waals surface area (Å²) >= 11 is 6.71. The van der Waals surface area contributed by atoms with Crippen LogP contribution in [0.25, 0.3) is 0 Å². The van der Waals surface area contributed by atoms with Gasteiger partial charge >= 0.3 is 12.1 Å². The number of hydrogen-bond donors (Lipinski definition) is 6. The molecule has 3 aliphatic heterocycles. The molecule has 17 nitrogen and oxygen atoms in total. The molecule has 3 heterocycles. The van der Waals surface area contributed by atoms with E-state index in [1.165, 1.54) is 57.0 Å². The number of anilines is 1. The monoisotopic (exact) mass is 1030 g/mol. The second kappa shape index (κ2) is 24.1. The fourth-order valence-electron chi connectivity index (χ4n) is 8.81. The van der Waals surface area contributed by atoms with Crippen LogP contribution in [-0.2, 0) is 52.6 Å². The molecule has 19 heteroatoms. The van der Waals surface area contributed by atoms with Crippen molar-refractivity contribution in [2.45, 2.75) is 122 Å². The minimum atomic E-state index is -1.81. The fourth-order valence-corrected chi connectivity index (χ4v) is 9.13. The van der Waals surface area contributed by atoms with Gasteiger partial charge in [0.25, 0.3) is 0 Å². The number of amides is 3. The number of likely N-dealkylation sites (N-methyl/N-ethyl adjacent to an activating group) is 1. The molecule has 71 heavy (non-hydrogen) atoms. The summed E-state index contributed by atoms with van der Waals surface area (Å²) in [5.74, 6) is -1.32. The molecule has 4 bridgehead atoms. The Morgan fingerprint density at radius 3 is 2.06 bits per heavy atom. The molecule has 3 aromatic carbocycles. The summed E-state index contributed by atoms with van der Waals surface area (Å²) < 4.78 is 28.9. The predicted octanol–water partition coefficient (Wildman–Crippen LogP) is 7.52. The summed E-state index contributed by atoms with van der Waals surface area (Å²) in [7, 11) is 5.97. The van der Waals surface area contributed by atoms with Crippen molar-refractivity contribution < 1.29 is 68.4 Å². The number of alkyl carbamates (subject to hydrolysis) is 1. The number of carbonyl (C=O) groups excluding carboxylic acids is 4. The Hall–Kier alpha value is -5.72. The lowest BCUT2D eigenvalue weighted by atomic mass is 9.83. The Labute approximate surface area is 426 Å². The van der Waals surface area contributed by atoms with E-state index in [9.17, 15) is 44.7 Å². The van der Waals surface area contributed by atoms with Gasteiger partial charge in [0, 0.05) is 40.5 Å². The van der Waals surface area contributed by atoms with E-state index in [1.807, 2.05) is 25.1 Å². The molecular formula is C52H69Cl2N3O14. The molecule has 0 radical (unpaired) electrons. The number of esters is 1. The first kappa shape index (κ1) is 57.9. The number of benzene rings is 3. The van der Waals surface area contributed by atoms with Crippen LogP contribution in [0.2, 0.25) is 5.02 Å². The van der Waals surface area contributed by atoms with Gasteiger partial charge in [0.2, 0.25) is 11.8 Å². The summed E-state index contributed by atoms with van der Waals surface area (Å²) in [4.78, 5) is 54.7. The van der Waals surface area contributed by atoms with E-state index in [-0.39, 0.29) is 59.2 Å². The number of phenolic OH excluding ortho intramolecular Hbond substituents is 4. The van der Waals surface area contributed by atoms with Crippen LogP contribution < -0.4 is 15.0 Å². The van der Waals surface area contributed by atoms with Crippen LogP contribution in [0, 0.1) is 17.8 Å². The molecule has 10 atom stereocenters. The maximum atomic E-state index is 14.0. The highest BCUT2D eigenvalue weighted by Crippen LogP contribution is 2.49. The number of methoxy groups -OCH3 is 2. The molecule has 0 aromatic heterocycles. The number of rotatable bonds is 10. The maximum absolute atomic E-state index is 14.0. The highest BCUT2D eigenvalue weighted by Gasteiger charge is 2.64. The number of allylic oxidation sites excluding steroid dienone is 3. The standard InChI is InChI=1S/C34H46ClN3O10.C18H22O4.ClH/c1-18-11-10-12-26(45-9)34(43)17-25(46-32(42)36-34)19(2)30-33(5,48-30)27(47-31(41)20(3)37(6)21(4)39)16-28(40)38(7)23-14-22(13-18)15-24(44-8)29(23)35;1-11(7-13-3-5-15(19)17(21)9-13)12(2)8-14-4-6-16(20)18(22)10-14;/h10-12,14-15,19-20,25-27,30,43H,13,16-17H2,1-9H3,(H,36,42);3-6,9-12,19-22H,7-8H2,1-2H3;1H/b12-10-,18-11-;;/t19-,20+,25+,26-,27+,30+,33+,34+;11-,12+;/m1../s1. The highest BCUT2D eigenvalue weighted by molar-refractivity contribution is 6.35. The molecular weight excluding hydrogens is 961 g/mol. The van der Waals surface area contributed by atoms with Gasteiger partial charge in [-0.2, -0.15) is 0 Å². The van der Waals surface area contributed by atoms with E-state index >= 15 is 0 Å². The van der Waals surface area contributed by atoms with E-state index in [0.717, 1.165) is 35.1 Å². The average Bonchev–Trinajstić information content (AvgIpc) is 4.00. The van der Waals surface area contributed by atoms with Gasteiger partial charge in [0.15, 0.2) is 28.7 Å². The summed E-state index contributed by atoms with van der Waals surface area (Å²) in [5, 5.41) is 52.1. The number of phenols is 4. The number of fused-ring (bicyclic) bond motifs is 5. The number of aromatic hydroxyl groups is 4. The number of carbonyl (C=O) groups is 4. The van der Waals surface area contributed by atoms with Crippen molar-refractivity contribution in [2.75, 3.05) is 33.2 Å². The molecule has 6 N–H and O–H groups in total. The Balaban J connectivity index is 0.000000398. The Morgan fingerprint density at radius 2 is 1.54 bits per heavy atom. The van der Waals surface area contributed by atoms with Crippen molar-refractivity contribution in [3.05, 3.63) is 94.0 Å². The Bertz CT molecular complexity index is 2410. The second-order valence-corrected chi connectivity index (χ2v) is 19.4. The molecule has 3 aromatic rings. The number of epoxide rings is 1. The Morgan fingerprint density at radius 1 is 0.958 bits per heavy atom. The first-order chi connectivity index (χ1) is 32.8. The molecule has 6 rings (SSSR count). The number of nitrogens with one attached hydrogen (secondary N) is 1. The van der Waals surface area contributed by atoms with Crippen molar-refractivity contribution in [2.24, 2.45) is 17.8 Å². The zero-order valence-electron chi connectivity index (χ0n) is 42.1. The summed E-state index contributed by atoms with van der Waals surface area (Å²) in [6, 6.07) is 12.4. The van der Waals surface area contributed by atoms with Crippen LogP contribution in [0.3, 0.4) is 0 Å². The van der Waals surface area contributed by atoms with Crippen LogP contribution in [0.4, 0.5) is 10.5 Å². The van der Waals surface area contributed by atoms with Crippen LogP contribution >= 0.6 is 24.0 Å². The fraction of sp³-hybridized carbons (Fsp3) is 0.500. The van der Waals surface area contributed by atoms with Crippen LogP contribution in [-0.4, -0.2) is 124 Å². The van der Waals surface area contributed by atoms with Crippen molar-refractivity contribution in [1.29, 1.82) is 0 Å². The van der Waals surface area contributed by atoms with Crippen molar-refractivity contribution in [1.82, 2.24) is 10.2 Å². The number of aliphatic hydroxyl groups is 1. The molecule has 3 amide bonds. The van der Waals surface area contributed by atoms with E-state index in [1.54, 1.807) is 57.3 Å². The van der Waals surface area contributed by atoms with Gasteiger partial charge in [0.05, 0.1) is 25.3 Å². The second-order valence-electron chi connectivity index (χ2n) is 19.0. The lowest BCUT2D eigenvalue weighted by Gasteiger charge is -2.42. The topological polar surface area (TPSA) is 237 Å². The number of halogens is 2. The van der Waals surface area contributed by atoms with Gasteiger partial charge in [-0.25, -0.2) is 9.59 Å². The van der Waals surface area contributed by atoms with Gasteiger partial charge in [-0.05, 0) is 105 Å². The number of hydrogen-bond acceptors (Lipinski definition) is 14. The number of ether oxygens (including phenoxy) is 5. The highest BCUT2D eigenvalue weighted by atomic mass is 35.5. The molecule has 3 aliphatic rings. The van der Waals surface area contributed by atoms with Gasteiger partial charge in [0.1, 0.15) is 40.7 Å². The molecule has 0 aliphatic carbocycles.